The smallest absolute Gasteiger partial charge is 0.194 e. The van der Waals surface area contributed by atoms with Crippen LogP contribution in [-0.4, -0.2) is 48.3 Å². The number of nitrogens with one attached hydrogen (secondary N) is 1. The second-order valence-electron chi connectivity index (χ2n) is 6.70. The summed E-state index contributed by atoms with van der Waals surface area (Å²) in [4.78, 5) is 6.87. The van der Waals surface area contributed by atoms with Crippen LogP contribution in [0.3, 0.4) is 0 Å². The zero-order valence-corrected chi connectivity index (χ0v) is 17.9. The van der Waals surface area contributed by atoms with Crippen molar-refractivity contribution in [2.24, 2.45) is 10.9 Å². The first kappa shape index (κ1) is 22.0. The number of guanidine groups is 1. The normalized spacial score (nSPS) is 17.6. The van der Waals surface area contributed by atoms with Crippen molar-refractivity contribution >= 4 is 29.9 Å². The van der Waals surface area contributed by atoms with Gasteiger partial charge in [0, 0.05) is 25.2 Å². The van der Waals surface area contributed by atoms with E-state index in [9.17, 15) is 5.11 Å². The fraction of sp³-hybridized carbons (Fsp3) is 0.632. The molecule has 0 spiro atoms. The van der Waals surface area contributed by atoms with Crippen molar-refractivity contribution in [2.75, 3.05) is 26.2 Å². The third-order valence-corrected chi connectivity index (χ3v) is 4.12. The minimum absolute atomic E-state index is 0. The van der Waals surface area contributed by atoms with Gasteiger partial charge in [0.15, 0.2) is 5.96 Å². The molecule has 25 heavy (non-hydrogen) atoms. The molecule has 1 aliphatic rings. The van der Waals surface area contributed by atoms with Crippen LogP contribution in [0.2, 0.25) is 0 Å². The van der Waals surface area contributed by atoms with E-state index in [0.717, 1.165) is 49.8 Å². The molecule has 1 fully saturated rings. The monoisotopic (exact) mass is 461 g/mol. The molecule has 1 saturated heterocycles. The number of hydrogen-bond donors (Lipinski definition) is 2. The number of para-hydroxylation sites is 1. The molecule has 0 radical (unpaired) electrons. The van der Waals surface area contributed by atoms with Crippen molar-refractivity contribution in [3.63, 3.8) is 0 Å². The van der Waals surface area contributed by atoms with Gasteiger partial charge >= 0.3 is 0 Å². The molecule has 0 amide bonds. The van der Waals surface area contributed by atoms with Crippen molar-refractivity contribution in [3.05, 3.63) is 29.8 Å². The van der Waals surface area contributed by atoms with Gasteiger partial charge in [-0.3, -0.25) is 0 Å². The molecule has 0 bridgehead atoms. The van der Waals surface area contributed by atoms with E-state index >= 15 is 0 Å². The molecule has 0 aliphatic carbocycles. The molecule has 1 atom stereocenters. The van der Waals surface area contributed by atoms with E-state index in [1.807, 2.05) is 18.2 Å². The van der Waals surface area contributed by atoms with Crippen LogP contribution in [-0.2, 0) is 6.54 Å². The van der Waals surface area contributed by atoms with E-state index in [4.69, 9.17) is 9.73 Å². The number of hydrogen-bond acceptors (Lipinski definition) is 3. The summed E-state index contributed by atoms with van der Waals surface area (Å²) in [6.45, 7) is 10.1. The molecule has 0 saturated carbocycles. The third-order valence-electron chi connectivity index (χ3n) is 4.12. The second-order valence-corrected chi connectivity index (χ2v) is 6.70. The SMILES string of the molecule is CCNC(=NCc1ccccc1OCCC(C)C)N1CC[C@@H](O)C1.I. The van der Waals surface area contributed by atoms with Crippen LogP contribution in [0.4, 0.5) is 0 Å². The summed E-state index contributed by atoms with van der Waals surface area (Å²) in [5.41, 5.74) is 1.09. The summed E-state index contributed by atoms with van der Waals surface area (Å²) in [6, 6.07) is 8.10. The Kier molecular flexibility index (Phi) is 10.2. The highest BCUT2D eigenvalue weighted by atomic mass is 127. The molecular weight excluding hydrogens is 429 g/mol. The van der Waals surface area contributed by atoms with Crippen LogP contribution < -0.4 is 10.1 Å². The van der Waals surface area contributed by atoms with E-state index in [1.54, 1.807) is 0 Å². The Balaban J connectivity index is 0.00000312. The van der Waals surface area contributed by atoms with Crippen molar-refractivity contribution < 1.29 is 9.84 Å². The number of ether oxygens (including phenoxy) is 1. The van der Waals surface area contributed by atoms with Gasteiger partial charge in [-0.1, -0.05) is 32.0 Å². The fourth-order valence-electron chi connectivity index (χ4n) is 2.70. The first-order valence-electron chi connectivity index (χ1n) is 9.02. The van der Waals surface area contributed by atoms with Crippen LogP contribution in [0.1, 0.15) is 39.2 Å². The van der Waals surface area contributed by atoms with E-state index < -0.39 is 0 Å². The number of likely N-dealkylation sites (tertiary alicyclic amines) is 1. The molecular formula is C19H32IN3O2. The molecule has 2 N–H and O–H groups in total. The zero-order valence-electron chi connectivity index (χ0n) is 15.6. The molecule has 0 aromatic heterocycles. The van der Waals surface area contributed by atoms with E-state index in [1.165, 1.54) is 0 Å². The Morgan fingerprint density at radius 2 is 2.16 bits per heavy atom. The van der Waals surface area contributed by atoms with Crippen LogP contribution in [0.25, 0.3) is 0 Å². The highest BCUT2D eigenvalue weighted by molar-refractivity contribution is 14.0. The summed E-state index contributed by atoms with van der Waals surface area (Å²) in [5.74, 6) is 2.42. The van der Waals surface area contributed by atoms with Gasteiger partial charge in [0.05, 0.1) is 19.3 Å². The lowest BCUT2D eigenvalue weighted by Gasteiger charge is -2.21. The van der Waals surface area contributed by atoms with Gasteiger partial charge < -0.3 is 20.1 Å². The summed E-state index contributed by atoms with van der Waals surface area (Å²) in [6.07, 6.45) is 1.60. The Morgan fingerprint density at radius 1 is 1.40 bits per heavy atom. The number of halogens is 1. The predicted octanol–water partition coefficient (Wildman–Crippen LogP) is 3.26. The van der Waals surface area contributed by atoms with Gasteiger partial charge in [0.2, 0.25) is 0 Å². The second kappa shape index (κ2) is 11.6. The Morgan fingerprint density at radius 3 is 2.80 bits per heavy atom. The van der Waals surface area contributed by atoms with Gasteiger partial charge in [-0.15, -0.1) is 24.0 Å². The summed E-state index contributed by atoms with van der Waals surface area (Å²) in [7, 11) is 0. The summed E-state index contributed by atoms with van der Waals surface area (Å²) in [5, 5.41) is 13.1. The molecule has 6 heteroatoms. The average molecular weight is 461 g/mol. The predicted molar refractivity (Wildman–Crippen MR) is 114 cm³/mol. The third kappa shape index (κ3) is 7.40. The zero-order chi connectivity index (χ0) is 17.4. The number of benzene rings is 1. The fourth-order valence-corrected chi connectivity index (χ4v) is 2.70. The van der Waals surface area contributed by atoms with Gasteiger partial charge in [0.25, 0.3) is 0 Å². The lowest BCUT2D eigenvalue weighted by Crippen LogP contribution is -2.40. The molecule has 0 unspecified atom stereocenters. The quantitative estimate of drug-likeness (QED) is 0.372. The highest BCUT2D eigenvalue weighted by Gasteiger charge is 2.22. The molecule has 5 nitrogen and oxygen atoms in total. The minimum Gasteiger partial charge on any atom is -0.493 e. The maximum atomic E-state index is 9.74. The van der Waals surface area contributed by atoms with E-state index in [-0.39, 0.29) is 30.1 Å². The lowest BCUT2D eigenvalue weighted by atomic mass is 10.1. The van der Waals surface area contributed by atoms with Crippen LogP contribution in [0.15, 0.2) is 29.3 Å². The highest BCUT2D eigenvalue weighted by Crippen LogP contribution is 2.20. The number of aliphatic hydroxyl groups excluding tert-OH is 1. The largest absolute Gasteiger partial charge is 0.493 e. The Labute approximate surface area is 168 Å². The number of aliphatic imine (C=N–C) groups is 1. The van der Waals surface area contributed by atoms with Crippen LogP contribution in [0, 0.1) is 5.92 Å². The first-order chi connectivity index (χ1) is 11.6. The van der Waals surface area contributed by atoms with Gasteiger partial charge in [-0.05, 0) is 31.7 Å². The maximum Gasteiger partial charge on any atom is 0.194 e. The van der Waals surface area contributed by atoms with Crippen LogP contribution >= 0.6 is 24.0 Å². The Bertz CT molecular complexity index is 537. The molecule has 1 heterocycles. The Hall–Kier alpha value is -1.02. The molecule has 2 rings (SSSR count). The van der Waals surface area contributed by atoms with Gasteiger partial charge in [-0.25, -0.2) is 4.99 Å². The van der Waals surface area contributed by atoms with Crippen molar-refractivity contribution in [2.45, 2.75) is 46.3 Å². The first-order valence-corrected chi connectivity index (χ1v) is 9.02. The van der Waals surface area contributed by atoms with Crippen LogP contribution in [0.5, 0.6) is 5.75 Å². The average Bonchev–Trinajstić information content (AvgIpc) is 2.98. The van der Waals surface area contributed by atoms with Crippen molar-refractivity contribution in [1.82, 2.24) is 10.2 Å². The maximum absolute atomic E-state index is 9.74. The van der Waals surface area contributed by atoms with E-state index in [2.05, 4.69) is 37.1 Å². The number of aliphatic hydroxyl groups is 1. The molecule has 142 valence electrons. The number of rotatable bonds is 7. The number of β-amino-alcohol motifs (C(OH)–C–C–N with tert-alkyl or cyclic N) is 1. The van der Waals surface area contributed by atoms with Gasteiger partial charge in [-0.2, -0.15) is 0 Å². The minimum atomic E-state index is -0.250. The van der Waals surface area contributed by atoms with Gasteiger partial charge in [0.1, 0.15) is 5.75 Å². The molecule has 1 aromatic carbocycles. The molecule has 1 aliphatic heterocycles. The topological polar surface area (TPSA) is 57.1 Å². The summed E-state index contributed by atoms with van der Waals surface area (Å²) < 4.78 is 5.94. The number of nitrogens with zero attached hydrogens (tertiary/aromatic N) is 2. The van der Waals surface area contributed by atoms with Crippen molar-refractivity contribution in [1.29, 1.82) is 0 Å². The lowest BCUT2D eigenvalue weighted by molar-refractivity contribution is 0.188. The standard InChI is InChI=1S/C19H31N3O2.HI/c1-4-20-19(22-11-9-17(23)14-22)21-13-16-7-5-6-8-18(16)24-12-10-15(2)3;/h5-8,15,17,23H,4,9-14H2,1-3H3,(H,20,21);1H/t17-;/m1./s1. The van der Waals surface area contributed by atoms with Crippen molar-refractivity contribution in [3.8, 4) is 5.75 Å². The van der Waals surface area contributed by atoms with E-state index in [0.29, 0.717) is 19.0 Å². The molecule has 1 aromatic rings. The summed E-state index contributed by atoms with van der Waals surface area (Å²) >= 11 is 0.